The summed E-state index contributed by atoms with van der Waals surface area (Å²) in [5, 5.41) is 3.41. The predicted octanol–water partition coefficient (Wildman–Crippen LogP) is 2.60. The first-order valence-corrected chi connectivity index (χ1v) is 8.00. The Bertz CT molecular complexity index is 421. The van der Waals surface area contributed by atoms with Crippen molar-refractivity contribution in [1.29, 1.82) is 0 Å². The molecule has 2 fully saturated rings. The molecule has 110 valence electrons. The summed E-state index contributed by atoms with van der Waals surface area (Å²) in [5.41, 5.74) is 1.04. The van der Waals surface area contributed by atoms with Gasteiger partial charge in [0, 0.05) is 19.1 Å². The predicted molar refractivity (Wildman–Crippen MR) is 81.7 cm³/mol. The molecule has 2 aliphatic rings. The third kappa shape index (κ3) is 3.92. The highest BCUT2D eigenvalue weighted by Crippen LogP contribution is 2.36. The topological polar surface area (TPSA) is 41.1 Å². The van der Waals surface area contributed by atoms with Crippen molar-refractivity contribution in [1.82, 2.24) is 15.3 Å². The lowest BCUT2D eigenvalue weighted by atomic mass is 10.2. The highest BCUT2D eigenvalue weighted by atomic mass is 15.2. The lowest BCUT2D eigenvalue weighted by Gasteiger charge is -2.23. The molecule has 20 heavy (non-hydrogen) atoms. The molecule has 0 radical (unpaired) electrons. The lowest BCUT2D eigenvalue weighted by Crippen LogP contribution is -2.29. The van der Waals surface area contributed by atoms with E-state index in [1.807, 2.05) is 12.4 Å². The fourth-order valence-corrected chi connectivity index (χ4v) is 2.47. The average Bonchev–Trinajstić information content (AvgIpc) is 3.29. The van der Waals surface area contributed by atoms with E-state index < -0.39 is 0 Å². The van der Waals surface area contributed by atoms with Gasteiger partial charge in [-0.05, 0) is 44.1 Å². The highest BCUT2D eigenvalue weighted by molar-refractivity contribution is 5.39. The van der Waals surface area contributed by atoms with E-state index in [1.165, 1.54) is 32.2 Å². The second kappa shape index (κ2) is 6.08. The molecule has 0 aromatic carbocycles. The summed E-state index contributed by atoms with van der Waals surface area (Å²) in [6, 6.07) is 0.731. The molecule has 0 amide bonds. The van der Waals surface area contributed by atoms with Crippen LogP contribution in [0.3, 0.4) is 0 Å². The molecule has 0 spiro atoms. The number of rotatable bonds is 8. The van der Waals surface area contributed by atoms with Crippen LogP contribution in [0.1, 0.15) is 45.2 Å². The van der Waals surface area contributed by atoms with Gasteiger partial charge in [0.1, 0.15) is 5.82 Å². The van der Waals surface area contributed by atoms with Crippen LogP contribution in [0, 0.1) is 11.8 Å². The summed E-state index contributed by atoms with van der Waals surface area (Å²) in [5.74, 6) is 2.66. The Hall–Kier alpha value is -1.16. The molecular weight excluding hydrogens is 248 g/mol. The van der Waals surface area contributed by atoms with E-state index >= 15 is 0 Å². The van der Waals surface area contributed by atoms with Gasteiger partial charge in [-0.1, -0.05) is 13.8 Å². The smallest absolute Gasteiger partial charge is 0.147 e. The molecule has 2 saturated carbocycles. The summed E-state index contributed by atoms with van der Waals surface area (Å²) in [4.78, 5) is 11.7. The van der Waals surface area contributed by atoms with Gasteiger partial charge in [-0.3, -0.25) is 4.98 Å². The maximum Gasteiger partial charge on any atom is 0.147 e. The fourth-order valence-electron chi connectivity index (χ4n) is 2.47. The first-order valence-electron chi connectivity index (χ1n) is 8.00. The van der Waals surface area contributed by atoms with Crippen molar-refractivity contribution in [2.45, 2.75) is 52.1 Å². The Morgan fingerprint density at radius 2 is 2.00 bits per heavy atom. The zero-order chi connectivity index (χ0) is 13.9. The first-order chi connectivity index (χ1) is 9.72. The number of nitrogens with one attached hydrogen (secondary N) is 1. The summed E-state index contributed by atoms with van der Waals surface area (Å²) in [6.45, 7) is 7.46. The minimum absolute atomic E-state index is 0.672. The Morgan fingerprint density at radius 1 is 1.20 bits per heavy atom. The van der Waals surface area contributed by atoms with E-state index in [-0.39, 0.29) is 0 Å². The van der Waals surface area contributed by atoms with Crippen LogP contribution in [0.5, 0.6) is 0 Å². The molecule has 2 aliphatic carbocycles. The molecule has 0 aliphatic heterocycles. The van der Waals surface area contributed by atoms with E-state index in [0.717, 1.165) is 36.6 Å². The van der Waals surface area contributed by atoms with Crippen molar-refractivity contribution in [2.24, 2.45) is 11.8 Å². The maximum absolute atomic E-state index is 4.64. The van der Waals surface area contributed by atoms with Crippen LogP contribution in [0.2, 0.25) is 0 Å². The Kier molecular flexibility index (Phi) is 4.20. The molecule has 0 saturated heterocycles. The molecule has 4 nitrogen and oxygen atoms in total. The Balaban J connectivity index is 1.56. The fraction of sp³-hybridized carbons (Fsp3) is 0.750. The first kappa shape index (κ1) is 13.8. The van der Waals surface area contributed by atoms with E-state index in [4.69, 9.17) is 0 Å². The van der Waals surface area contributed by atoms with Crippen LogP contribution in [-0.2, 0) is 6.54 Å². The minimum atomic E-state index is 0.672. The van der Waals surface area contributed by atoms with Crippen molar-refractivity contribution in [3.63, 3.8) is 0 Å². The van der Waals surface area contributed by atoms with Gasteiger partial charge in [0.15, 0.2) is 0 Å². The molecule has 1 N–H and O–H groups in total. The number of aromatic nitrogens is 2. The van der Waals surface area contributed by atoms with E-state index in [2.05, 4.69) is 34.0 Å². The van der Waals surface area contributed by atoms with Gasteiger partial charge in [-0.2, -0.15) is 0 Å². The summed E-state index contributed by atoms with van der Waals surface area (Å²) in [6.07, 6.45) is 9.35. The van der Waals surface area contributed by atoms with E-state index in [1.54, 1.807) is 0 Å². The lowest BCUT2D eigenvalue weighted by molar-refractivity contribution is 0.547. The molecule has 1 aromatic heterocycles. The van der Waals surface area contributed by atoms with Crippen LogP contribution in [0.25, 0.3) is 0 Å². The number of anilines is 1. The standard InChI is InChI=1S/C16H26N4/c1-12(2)7-17-8-14-9-19-16(10-18-14)20(15-5-6-15)11-13-3-4-13/h9-10,12-13,15,17H,3-8,11H2,1-2H3. The average molecular weight is 274 g/mol. The van der Waals surface area contributed by atoms with Gasteiger partial charge in [0.25, 0.3) is 0 Å². The number of nitrogens with zero attached hydrogens (tertiary/aromatic N) is 3. The van der Waals surface area contributed by atoms with E-state index in [9.17, 15) is 0 Å². The molecule has 1 aromatic rings. The molecule has 1 heterocycles. The van der Waals surface area contributed by atoms with Crippen LogP contribution >= 0.6 is 0 Å². The minimum Gasteiger partial charge on any atom is -0.352 e. The summed E-state index contributed by atoms with van der Waals surface area (Å²) in [7, 11) is 0. The van der Waals surface area contributed by atoms with Crippen molar-refractivity contribution >= 4 is 5.82 Å². The Morgan fingerprint density at radius 3 is 2.55 bits per heavy atom. The van der Waals surface area contributed by atoms with Gasteiger partial charge in [-0.25, -0.2) is 4.98 Å². The van der Waals surface area contributed by atoms with Crippen molar-refractivity contribution in [3.8, 4) is 0 Å². The van der Waals surface area contributed by atoms with Crippen LogP contribution in [-0.4, -0.2) is 29.1 Å². The third-order valence-electron chi connectivity index (χ3n) is 3.98. The summed E-state index contributed by atoms with van der Waals surface area (Å²) < 4.78 is 0. The van der Waals surface area contributed by atoms with Gasteiger partial charge in [0.05, 0.1) is 18.1 Å². The molecule has 0 bridgehead atoms. The molecular formula is C16H26N4. The third-order valence-corrected chi connectivity index (χ3v) is 3.98. The van der Waals surface area contributed by atoms with Crippen molar-refractivity contribution < 1.29 is 0 Å². The largest absolute Gasteiger partial charge is 0.352 e. The molecule has 4 heteroatoms. The van der Waals surface area contributed by atoms with Crippen LogP contribution in [0.15, 0.2) is 12.4 Å². The quantitative estimate of drug-likeness (QED) is 0.791. The van der Waals surface area contributed by atoms with Crippen molar-refractivity contribution in [2.75, 3.05) is 18.0 Å². The molecule has 0 unspecified atom stereocenters. The number of hydrogen-bond acceptors (Lipinski definition) is 4. The van der Waals surface area contributed by atoms with E-state index in [0.29, 0.717) is 5.92 Å². The van der Waals surface area contributed by atoms with Crippen molar-refractivity contribution in [3.05, 3.63) is 18.1 Å². The van der Waals surface area contributed by atoms with Gasteiger partial charge in [-0.15, -0.1) is 0 Å². The van der Waals surface area contributed by atoms with Gasteiger partial charge < -0.3 is 10.2 Å². The zero-order valence-electron chi connectivity index (χ0n) is 12.7. The normalized spacial score (nSPS) is 18.6. The Labute approximate surface area is 122 Å². The monoisotopic (exact) mass is 274 g/mol. The molecule has 3 rings (SSSR count). The van der Waals surface area contributed by atoms with Gasteiger partial charge >= 0.3 is 0 Å². The molecule has 0 atom stereocenters. The second-order valence-electron chi connectivity index (χ2n) is 6.72. The van der Waals surface area contributed by atoms with Gasteiger partial charge in [0.2, 0.25) is 0 Å². The zero-order valence-corrected chi connectivity index (χ0v) is 12.7. The maximum atomic E-state index is 4.64. The second-order valence-corrected chi connectivity index (χ2v) is 6.72. The van der Waals surface area contributed by atoms with Crippen LogP contribution in [0.4, 0.5) is 5.82 Å². The van der Waals surface area contributed by atoms with Crippen LogP contribution < -0.4 is 10.2 Å². The SMILES string of the molecule is CC(C)CNCc1cnc(N(CC2CC2)C2CC2)cn1. The summed E-state index contributed by atoms with van der Waals surface area (Å²) >= 11 is 0. The highest BCUT2D eigenvalue weighted by Gasteiger charge is 2.34. The number of hydrogen-bond donors (Lipinski definition) is 1.